The first-order chi connectivity index (χ1) is 18.0. The van der Waals surface area contributed by atoms with Crippen LogP contribution >= 0.6 is 0 Å². The zero-order chi connectivity index (χ0) is 26.4. The SMILES string of the molecule is COc1ccc(-c2cnoc2-c2cc(OC)c(OC)c(OC)c2)cc1NCOc1ccc([N+](=O)[O-])cc1. The Morgan fingerprint density at radius 1 is 0.865 bits per heavy atom. The van der Waals surface area contributed by atoms with Crippen molar-refractivity contribution in [1.29, 1.82) is 0 Å². The molecule has 4 aromatic rings. The highest BCUT2D eigenvalue weighted by atomic mass is 16.6. The fourth-order valence-electron chi connectivity index (χ4n) is 3.74. The third-order valence-corrected chi connectivity index (χ3v) is 5.56. The van der Waals surface area contributed by atoms with Crippen LogP contribution in [0.3, 0.4) is 0 Å². The number of non-ortho nitro benzene ring substituents is 1. The average molecular weight is 507 g/mol. The summed E-state index contributed by atoms with van der Waals surface area (Å²) < 4.78 is 33.1. The number of rotatable bonds is 11. The lowest BCUT2D eigenvalue weighted by Gasteiger charge is -2.15. The van der Waals surface area contributed by atoms with Gasteiger partial charge in [-0.1, -0.05) is 11.2 Å². The van der Waals surface area contributed by atoms with Crippen molar-refractivity contribution < 1.29 is 33.1 Å². The predicted molar refractivity (Wildman–Crippen MR) is 136 cm³/mol. The molecule has 0 aliphatic rings. The highest BCUT2D eigenvalue weighted by Gasteiger charge is 2.20. The zero-order valence-corrected chi connectivity index (χ0v) is 20.6. The number of nitrogens with one attached hydrogen (secondary N) is 1. The molecule has 1 N–H and O–H groups in total. The second-order valence-electron chi connectivity index (χ2n) is 7.61. The van der Waals surface area contributed by atoms with Crippen LogP contribution in [0.2, 0.25) is 0 Å². The normalized spacial score (nSPS) is 10.5. The number of methoxy groups -OCH3 is 4. The van der Waals surface area contributed by atoms with Gasteiger partial charge in [-0.05, 0) is 42.0 Å². The van der Waals surface area contributed by atoms with Crippen LogP contribution in [0.5, 0.6) is 28.7 Å². The van der Waals surface area contributed by atoms with E-state index in [1.807, 2.05) is 18.2 Å². The van der Waals surface area contributed by atoms with Crippen LogP contribution in [0.4, 0.5) is 11.4 Å². The summed E-state index contributed by atoms with van der Waals surface area (Å²) in [7, 11) is 6.19. The van der Waals surface area contributed by atoms with Crippen molar-refractivity contribution in [2.45, 2.75) is 0 Å². The van der Waals surface area contributed by atoms with Crippen LogP contribution in [0.1, 0.15) is 0 Å². The van der Waals surface area contributed by atoms with Gasteiger partial charge >= 0.3 is 0 Å². The first-order valence-corrected chi connectivity index (χ1v) is 11.0. The van der Waals surface area contributed by atoms with E-state index in [0.717, 1.165) is 11.1 Å². The van der Waals surface area contributed by atoms with Gasteiger partial charge in [0.1, 0.15) is 11.5 Å². The van der Waals surface area contributed by atoms with Crippen LogP contribution < -0.4 is 29.0 Å². The smallest absolute Gasteiger partial charge is 0.269 e. The molecule has 37 heavy (non-hydrogen) atoms. The molecule has 0 radical (unpaired) electrons. The molecule has 0 fully saturated rings. The highest BCUT2D eigenvalue weighted by molar-refractivity contribution is 5.83. The van der Waals surface area contributed by atoms with Crippen molar-refractivity contribution in [3.63, 3.8) is 0 Å². The Balaban J connectivity index is 1.60. The second-order valence-corrected chi connectivity index (χ2v) is 7.61. The van der Waals surface area contributed by atoms with Crippen molar-refractivity contribution >= 4 is 11.4 Å². The van der Waals surface area contributed by atoms with E-state index in [-0.39, 0.29) is 12.4 Å². The van der Waals surface area contributed by atoms with Gasteiger partial charge in [-0.2, -0.15) is 0 Å². The van der Waals surface area contributed by atoms with Gasteiger partial charge in [0, 0.05) is 23.3 Å². The predicted octanol–water partition coefficient (Wildman–Crippen LogP) is 5.40. The van der Waals surface area contributed by atoms with Crippen molar-refractivity contribution in [1.82, 2.24) is 5.16 Å². The quantitative estimate of drug-likeness (QED) is 0.160. The molecule has 0 aliphatic carbocycles. The minimum atomic E-state index is -0.463. The van der Waals surface area contributed by atoms with Crippen LogP contribution in [-0.2, 0) is 0 Å². The second kappa shape index (κ2) is 11.2. The summed E-state index contributed by atoms with van der Waals surface area (Å²) in [5, 5.41) is 18.0. The number of benzene rings is 3. The fraction of sp³-hybridized carbons (Fsp3) is 0.192. The van der Waals surface area contributed by atoms with Crippen LogP contribution in [0.25, 0.3) is 22.5 Å². The van der Waals surface area contributed by atoms with Crippen molar-refractivity contribution in [2.75, 3.05) is 40.5 Å². The number of anilines is 1. The largest absolute Gasteiger partial charge is 0.495 e. The average Bonchev–Trinajstić information content (AvgIpc) is 3.42. The van der Waals surface area contributed by atoms with E-state index in [2.05, 4.69) is 10.5 Å². The lowest BCUT2D eigenvalue weighted by molar-refractivity contribution is -0.384. The first kappa shape index (κ1) is 25.2. The number of nitro groups is 1. The summed E-state index contributed by atoms with van der Waals surface area (Å²) in [5.74, 6) is 3.04. The maximum atomic E-state index is 10.8. The maximum Gasteiger partial charge on any atom is 0.269 e. The van der Waals surface area contributed by atoms with E-state index in [0.29, 0.717) is 45.8 Å². The summed E-state index contributed by atoms with van der Waals surface area (Å²) in [4.78, 5) is 10.4. The summed E-state index contributed by atoms with van der Waals surface area (Å²) in [6.07, 6.45) is 1.62. The third-order valence-electron chi connectivity index (χ3n) is 5.56. The molecule has 0 spiro atoms. The van der Waals surface area contributed by atoms with Gasteiger partial charge in [0.05, 0.1) is 45.2 Å². The molecule has 0 saturated carbocycles. The Hall–Kier alpha value is -4.93. The molecule has 1 aromatic heterocycles. The Morgan fingerprint density at radius 3 is 2.14 bits per heavy atom. The summed E-state index contributed by atoms with van der Waals surface area (Å²) in [6.45, 7) is 0.0982. The van der Waals surface area contributed by atoms with E-state index in [1.54, 1.807) is 39.7 Å². The van der Waals surface area contributed by atoms with Crippen LogP contribution in [0, 0.1) is 10.1 Å². The van der Waals surface area contributed by atoms with Crippen molar-refractivity contribution in [3.05, 3.63) is 70.9 Å². The summed E-state index contributed by atoms with van der Waals surface area (Å²) >= 11 is 0. The number of ether oxygens (including phenoxy) is 5. The van der Waals surface area contributed by atoms with Crippen LogP contribution in [-0.4, -0.2) is 45.2 Å². The molecule has 0 bridgehead atoms. The Labute approximate surface area is 212 Å². The molecule has 192 valence electrons. The van der Waals surface area contributed by atoms with E-state index in [4.69, 9.17) is 28.2 Å². The summed E-state index contributed by atoms with van der Waals surface area (Å²) in [6, 6.07) is 15.0. The molecule has 3 aromatic carbocycles. The molecule has 11 heteroatoms. The molecule has 4 rings (SSSR count). The van der Waals surface area contributed by atoms with Gasteiger partial charge in [-0.15, -0.1) is 0 Å². The highest BCUT2D eigenvalue weighted by Crippen LogP contribution is 2.44. The van der Waals surface area contributed by atoms with E-state index >= 15 is 0 Å². The van der Waals surface area contributed by atoms with Gasteiger partial charge < -0.3 is 33.5 Å². The van der Waals surface area contributed by atoms with Gasteiger partial charge in [-0.25, -0.2) is 0 Å². The first-order valence-electron chi connectivity index (χ1n) is 11.0. The Bertz CT molecular complexity index is 1360. The molecule has 1 heterocycles. The Morgan fingerprint density at radius 2 is 1.54 bits per heavy atom. The van der Waals surface area contributed by atoms with Gasteiger partial charge in [0.2, 0.25) is 5.75 Å². The molecule has 0 amide bonds. The lowest BCUT2D eigenvalue weighted by Crippen LogP contribution is -2.09. The summed E-state index contributed by atoms with van der Waals surface area (Å²) in [5.41, 5.74) is 2.89. The van der Waals surface area contributed by atoms with Gasteiger partial charge in [0.25, 0.3) is 5.69 Å². The monoisotopic (exact) mass is 507 g/mol. The number of aromatic nitrogens is 1. The molecule has 0 atom stereocenters. The molecular formula is C26H25N3O8. The molecular weight excluding hydrogens is 482 g/mol. The number of hydrogen-bond donors (Lipinski definition) is 1. The number of nitrogens with zero attached hydrogens (tertiary/aromatic N) is 2. The minimum Gasteiger partial charge on any atom is -0.495 e. The lowest BCUT2D eigenvalue weighted by atomic mass is 10.0. The Kier molecular flexibility index (Phi) is 7.62. The number of nitro benzene ring substituents is 1. The molecule has 11 nitrogen and oxygen atoms in total. The van der Waals surface area contributed by atoms with Crippen molar-refractivity contribution in [3.8, 4) is 51.2 Å². The van der Waals surface area contributed by atoms with E-state index in [9.17, 15) is 10.1 Å². The molecule has 0 aliphatic heterocycles. The molecule has 0 unspecified atom stereocenters. The topological polar surface area (TPSA) is 127 Å². The molecule has 0 saturated heterocycles. The van der Waals surface area contributed by atoms with Crippen LogP contribution in [0.15, 0.2) is 65.3 Å². The van der Waals surface area contributed by atoms with Gasteiger partial charge in [0.15, 0.2) is 24.0 Å². The standard InChI is InChI=1S/C26H25N3O8/c1-32-22-10-5-16(11-21(22)27-15-36-19-8-6-18(7-9-19)29(30)31)20-14-28-37-25(20)17-12-23(33-2)26(35-4)24(13-17)34-3/h5-14,27H,15H2,1-4H3. The van der Waals surface area contributed by atoms with Gasteiger partial charge in [-0.3, -0.25) is 10.1 Å². The minimum absolute atomic E-state index is 0.00805. The third kappa shape index (κ3) is 5.35. The maximum absolute atomic E-state index is 10.8. The van der Waals surface area contributed by atoms with Crippen molar-refractivity contribution in [2.24, 2.45) is 0 Å². The van der Waals surface area contributed by atoms with E-state index < -0.39 is 4.92 Å². The van der Waals surface area contributed by atoms with E-state index in [1.165, 1.54) is 31.4 Å². The number of hydrogen-bond acceptors (Lipinski definition) is 10. The fourth-order valence-corrected chi connectivity index (χ4v) is 3.74. The zero-order valence-electron chi connectivity index (χ0n) is 20.6.